The number of benzene rings is 1. The molecule has 13 heteroatoms. The van der Waals surface area contributed by atoms with Crippen LogP contribution in [0.1, 0.15) is 18.4 Å². The highest BCUT2D eigenvalue weighted by Crippen LogP contribution is 2.26. The molecule has 12 nitrogen and oxygen atoms in total. The number of aromatic nitrogens is 5. The van der Waals surface area contributed by atoms with Crippen LogP contribution in [0.25, 0.3) is 11.2 Å². The maximum absolute atomic E-state index is 13.8. The number of nitrogens with zero attached hydrogens (tertiary/aromatic N) is 6. The van der Waals surface area contributed by atoms with Crippen LogP contribution in [0.4, 0.5) is 11.8 Å². The quantitative estimate of drug-likeness (QED) is 0.331. The molecule has 0 unspecified atom stereocenters. The number of pyridine rings is 1. The van der Waals surface area contributed by atoms with Crippen LogP contribution in [-0.4, -0.2) is 53.8 Å². The van der Waals surface area contributed by atoms with Crippen LogP contribution < -0.4 is 27.2 Å². The Morgan fingerprint density at radius 3 is 2.74 bits per heavy atom. The Kier molecular flexibility index (Phi) is 6.91. The number of nitrogens with one attached hydrogen (secondary N) is 1. The molecule has 1 fully saturated rings. The number of rotatable bonds is 6. The first-order chi connectivity index (χ1) is 18.2. The van der Waals surface area contributed by atoms with Gasteiger partial charge in [0.1, 0.15) is 6.54 Å². The number of anilines is 2. The third-order valence-corrected chi connectivity index (χ3v) is 6.95. The molecule has 3 aromatic heterocycles. The van der Waals surface area contributed by atoms with Crippen molar-refractivity contribution in [2.45, 2.75) is 32.0 Å². The fourth-order valence-corrected chi connectivity index (χ4v) is 4.88. The second-order valence-corrected chi connectivity index (χ2v) is 9.67. The summed E-state index contributed by atoms with van der Waals surface area (Å²) in [6.07, 6.45) is 3.14. The van der Waals surface area contributed by atoms with E-state index in [4.69, 9.17) is 22.3 Å². The number of piperidine rings is 1. The SMILES string of the molecule is Cn1c(=O)n(CC(=O)Nc2ncccc2O)c(=O)c2c1nc(N1CCC[C@@H](N)C1)n2Cc1ccccc1Cl. The summed E-state index contributed by atoms with van der Waals surface area (Å²) in [6, 6.07) is 10.1. The molecule has 5 rings (SSSR count). The van der Waals surface area contributed by atoms with Gasteiger partial charge >= 0.3 is 5.69 Å². The molecular weight excluding hydrogens is 512 g/mol. The number of aryl methyl sites for hydroxylation is 1. The van der Waals surface area contributed by atoms with Gasteiger partial charge in [-0.3, -0.25) is 18.7 Å². The lowest BCUT2D eigenvalue weighted by molar-refractivity contribution is -0.116. The minimum atomic E-state index is -0.702. The first-order valence-corrected chi connectivity index (χ1v) is 12.5. The standard InChI is InChI=1S/C25H27ClN8O4/c1-31-22-20(23(37)34(25(31)38)14-19(36)29-21-18(35)9-4-10-28-21)33(12-15-6-2-3-8-17(15)26)24(30-22)32-11-5-7-16(27)13-32/h2-4,6,8-10,16,35H,5,7,11-14,27H2,1H3,(H,28,29,36)/t16-/m1/s1. The van der Waals surface area contributed by atoms with Gasteiger partial charge in [0.15, 0.2) is 22.7 Å². The van der Waals surface area contributed by atoms with Gasteiger partial charge in [0.2, 0.25) is 11.9 Å². The Labute approximate surface area is 221 Å². The highest BCUT2D eigenvalue weighted by Gasteiger charge is 2.27. The third kappa shape index (κ3) is 4.75. The summed E-state index contributed by atoms with van der Waals surface area (Å²) in [7, 11) is 1.50. The van der Waals surface area contributed by atoms with E-state index in [1.807, 2.05) is 23.1 Å². The zero-order valence-corrected chi connectivity index (χ0v) is 21.4. The van der Waals surface area contributed by atoms with Crippen molar-refractivity contribution < 1.29 is 9.90 Å². The van der Waals surface area contributed by atoms with Crippen molar-refractivity contribution in [2.24, 2.45) is 12.8 Å². The first-order valence-electron chi connectivity index (χ1n) is 12.1. The molecule has 0 radical (unpaired) electrons. The van der Waals surface area contributed by atoms with E-state index in [1.54, 1.807) is 10.6 Å². The van der Waals surface area contributed by atoms with Gasteiger partial charge in [0.05, 0.1) is 6.54 Å². The summed E-state index contributed by atoms with van der Waals surface area (Å²) in [4.78, 5) is 50.4. The third-order valence-electron chi connectivity index (χ3n) is 6.59. The van der Waals surface area contributed by atoms with Crippen LogP contribution in [0.15, 0.2) is 52.2 Å². The highest BCUT2D eigenvalue weighted by atomic mass is 35.5. The summed E-state index contributed by atoms with van der Waals surface area (Å²) in [5.74, 6) is -0.505. The Bertz CT molecular complexity index is 1640. The molecule has 1 aromatic carbocycles. The number of imidazole rings is 1. The molecule has 0 bridgehead atoms. The fraction of sp³-hybridized carbons (Fsp3) is 0.320. The van der Waals surface area contributed by atoms with Crippen molar-refractivity contribution in [3.8, 4) is 5.75 Å². The van der Waals surface area contributed by atoms with Gasteiger partial charge in [-0.2, -0.15) is 4.98 Å². The van der Waals surface area contributed by atoms with Gasteiger partial charge in [0, 0.05) is 37.4 Å². The van der Waals surface area contributed by atoms with Crippen LogP contribution in [0.5, 0.6) is 5.75 Å². The van der Waals surface area contributed by atoms with Gasteiger partial charge < -0.3 is 21.1 Å². The summed E-state index contributed by atoms with van der Waals surface area (Å²) in [5, 5.41) is 12.9. The summed E-state index contributed by atoms with van der Waals surface area (Å²) >= 11 is 6.45. The maximum Gasteiger partial charge on any atom is 0.332 e. The first kappa shape index (κ1) is 25.5. The zero-order valence-electron chi connectivity index (χ0n) is 20.7. The van der Waals surface area contributed by atoms with E-state index >= 15 is 0 Å². The molecule has 4 aromatic rings. The van der Waals surface area contributed by atoms with E-state index < -0.39 is 23.7 Å². The molecule has 0 spiro atoms. The topological polar surface area (TPSA) is 153 Å². The Balaban J connectivity index is 1.63. The lowest BCUT2D eigenvalue weighted by Gasteiger charge is -2.32. The molecular formula is C25H27ClN8O4. The molecule has 1 amide bonds. The molecule has 198 valence electrons. The number of carbonyl (C=O) groups excluding carboxylic acids is 1. The minimum absolute atomic E-state index is 0.0514. The van der Waals surface area contributed by atoms with Gasteiger partial charge in [-0.25, -0.2) is 14.3 Å². The average molecular weight is 539 g/mol. The van der Waals surface area contributed by atoms with Gasteiger partial charge in [-0.15, -0.1) is 0 Å². The monoisotopic (exact) mass is 538 g/mol. The fourth-order valence-electron chi connectivity index (χ4n) is 4.69. The predicted molar refractivity (Wildman–Crippen MR) is 144 cm³/mol. The second kappa shape index (κ2) is 10.3. The van der Waals surface area contributed by atoms with Crippen LogP contribution in [0.3, 0.4) is 0 Å². The number of aromatic hydroxyl groups is 1. The zero-order chi connectivity index (χ0) is 27.0. The molecule has 1 aliphatic rings. The van der Waals surface area contributed by atoms with E-state index in [0.717, 1.165) is 23.0 Å². The molecule has 4 heterocycles. The smallest absolute Gasteiger partial charge is 0.332 e. The van der Waals surface area contributed by atoms with Gasteiger partial charge in [0.25, 0.3) is 5.56 Å². The summed E-state index contributed by atoms with van der Waals surface area (Å²) < 4.78 is 3.82. The predicted octanol–water partition coefficient (Wildman–Crippen LogP) is 1.27. The number of carbonyl (C=O) groups is 1. The van der Waals surface area contributed by atoms with Gasteiger partial charge in [-0.05, 0) is 36.6 Å². The number of fused-ring (bicyclic) bond motifs is 1. The van der Waals surface area contributed by atoms with Crippen LogP contribution in [0, 0.1) is 0 Å². The van der Waals surface area contributed by atoms with Crippen molar-refractivity contribution in [3.63, 3.8) is 0 Å². The van der Waals surface area contributed by atoms with Crippen molar-refractivity contribution in [3.05, 3.63) is 74.0 Å². The van der Waals surface area contributed by atoms with E-state index in [1.165, 1.54) is 29.9 Å². The van der Waals surface area contributed by atoms with E-state index in [9.17, 15) is 19.5 Å². The van der Waals surface area contributed by atoms with Crippen molar-refractivity contribution in [1.29, 1.82) is 0 Å². The lowest BCUT2D eigenvalue weighted by atomic mass is 10.1. The minimum Gasteiger partial charge on any atom is -0.504 e. The van der Waals surface area contributed by atoms with Crippen LogP contribution in [0.2, 0.25) is 5.02 Å². The van der Waals surface area contributed by atoms with E-state index in [2.05, 4.69) is 10.3 Å². The molecule has 1 saturated heterocycles. The highest BCUT2D eigenvalue weighted by molar-refractivity contribution is 6.31. The molecule has 0 aliphatic carbocycles. The number of amides is 1. The largest absolute Gasteiger partial charge is 0.504 e. The van der Waals surface area contributed by atoms with Crippen LogP contribution >= 0.6 is 11.6 Å². The van der Waals surface area contributed by atoms with Crippen molar-refractivity contribution in [2.75, 3.05) is 23.3 Å². The summed E-state index contributed by atoms with van der Waals surface area (Å²) in [6.45, 7) is 0.874. The second-order valence-electron chi connectivity index (χ2n) is 9.26. The molecule has 0 saturated carbocycles. The number of halogens is 1. The molecule has 1 atom stereocenters. The van der Waals surface area contributed by atoms with Crippen molar-refractivity contribution >= 4 is 40.4 Å². The lowest BCUT2D eigenvalue weighted by Crippen LogP contribution is -2.44. The number of hydrogen-bond donors (Lipinski definition) is 3. The number of hydrogen-bond acceptors (Lipinski definition) is 8. The number of nitrogens with two attached hydrogens (primary N) is 1. The van der Waals surface area contributed by atoms with E-state index in [-0.39, 0.29) is 35.3 Å². The molecule has 4 N–H and O–H groups in total. The Morgan fingerprint density at radius 2 is 2.00 bits per heavy atom. The Hall–Kier alpha value is -4.16. The van der Waals surface area contributed by atoms with Crippen LogP contribution in [-0.2, 0) is 24.9 Å². The van der Waals surface area contributed by atoms with Crippen molar-refractivity contribution in [1.82, 2.24) is 23.7 Å². The average Bonchev–Trinajstić information content (AvgIpc) is 3.27. The maximum atomic E-state index is 13.8. The van der Waals surface area contributed by atoms with E-state index in [0.29, 0.717) is 24.1 Å². The van der Waals surface area contributed by atoms with Gasteiger partial charge in [-0.1, -0.05) is 29.8 Å². The Morgan fingerprint density at radius 1 is 1.21 bits per heavy atom. The molecule has 1 aliphatic heterocycles. The molecule has 38 heavy (non-hydrogen) atoms. The summed E-state index contributed by atoms with van der Waals surface area (Å²) in [5.41, 5.74) is 5.98. The normalized spacial score (nSPS) is 15.7.